The number of halogens is 1. The summed E-state index contributed by atoms with van der Waals surface area (Å²) in [7, 11) is 2.16. The Balaban J connectivity index is 1.00. The minimum atomic E-state index is -0.981. The van der Waals surface area contributed by atoms with E-state index in [0.29, 0.717) is 56.6 Å². The maximum atomic E-state index is 14.0. The van der Waals surface area contributed by atoms with E-state index in [9.17, 15) is 14.4 Å². The van der Waals surface area contributed by atoms with Crippen LogP contribution in [0, 0.1) is 0 Å². The highest BCUT2D eigenvalue weighted by molar-refractivity contribution is 6.35. The van der Waals surface area contributed by atoms with Crippen LogP contribution >= 0.6 is 11.6 Å². The molecule has 4 aliphatic heterocycles. The van der Waals surface area contributed by atoms with Crippen molar-refractivity contribution >= 4 is 46.2 Å². The maximum Gasteiger partial charge on any atom is 0.410 e. The summed E-state index contributed by atoms with van der Waals surface area (Å²) < 4.78 is 6.07. The van der Waals surface area contributed by atoms with Crippen molar-refractivity contribution in [3.8, 4) is 0 Å². The van der Waals surface area contributed by atoms with Gasteiger partial charge in [-0.1, -0.05) is 29.8 Å². The molecule has 13 heteroatoms. The first-order chi connectivity index (χ1) is 22.8. The summed E-state index contributed by atoms with van der Waals surface area (Å²) in [5, 5.41) is 11.3. The molecule has 0 saturated carbocycles. The van der Waals surface area contributed by atoms with Gasteiger partial charge in [-0.05, 0) is 62.1 Å². The summed E-state index contributed by atoms with van der Waals surface area (Å²) in [6.07, 6.45) is 3.51. The summed E-state index contributed by atoms with van der Waals surface area (Å²) in [6, 6.07) is 11.9. The third-order valence-electron chi connectivity index (χ3n) is 10.4. The number of nitrogens with one attached hydrogen (secondary N) is 2. The molecule has 2 aromatic carbocycles. The Morgan fingerprint density at radius 3 is 2.43 bits per heavy atom. The van der Waals surface area contributed by atoms with Crippen LogP contribution in [0.5, 0.6) is 0 Å². The molecule has 3 aromatic rings. The monoisotopic (exact) mass is 662 g/mol. The average Bonchev–Trinajstić information content (AvgIpc) is 3.57. The van der Waals surface area contributed by atoms with E-state index in [-0.39, 0.29) is 24.4 Å². The molecule has 4 aliphatic rings. The van der Waals surface area contributed by atoms with Crippen LogP contribution in [-0.4, -0.2) is 130 Å². The number of aromatic amines is 1. The molecule has 7 rings (SSSR count). The normalized spacial score (nSPS) is 21.1. The Morgan fingerprint density at radius 2 is 1.66 bits per heavy atom. The van der Waals surface area contributed by atoms with E-state index < -0.39 is 12.2 Å². The molecular formula is C34H43ClN8O4. The van der Waals surface area contributed by atoms with Gasteiger partial charge in [0.2, 0.25) is 0 Å². The molecule has 3 saturated heterocycles. The third-order valence-corrected chi connectivity index (χ3v) is 10.7. The Bertz CT molecular complexity index is 1610. The van der Waals surface area contributed by atoms with Crippen LogP contribution in [0.1, 0.15) is 36.8 Å². The van der Waals surface area contributed by atoms with Crippen molar-refractivity contribution in [2.45, 2.75) is 56.8 Å². The molecule has 0 aliphatic carbocycles. The van der Waals surface area contributed by atoms with Crippen molar-refractivity contribution in [3.63, 3.8) is 0 Å². The smallest absolute Gasteiger partial charge is 0.410 e. The topological polar surface area (TPSA) is 117 Å². The molecule has 12 nitrogen and oxygen atoms in total. The molecule has 1 atom stereocenters. The van der Waals surface area contributed by atoms with Gasteiger partial charge in [0.05, 0.1) is 16.7 Å². The first-order valence-corrected chi connectivity index (χ1v) is 17.1. The number of aromatic nitrogens is 2. The molecule has 5 heterocycles. The highest BCUT2D eigenvalue weighted by atomic mass is 35.5. The van der Waals surface area contributed by atoms with E-state index in [4.69, 9.17) is 16.3 Å². The third kappa shape index (κ3) is 6.90. The van der Waals surface area contributed by atoms with Gasteiger partial charge in [-0.25, -0.2) is 9.59 Å². The van der Waals surface area contributed by atoms with Gasteiger partial charge in [0.1, 0.15) is 0 Å². The molecule has 0 spiro atoms. The van der Waals surface area contributed by atoms with Crippen molar-refractivity contribution < 1.29 is 19.1 Å². The number of urea groups is 1. The number of carbonyl (C=O) groups is 3. The molecule has 3 fully saturated rings. The van der Waals surface area contributed by atoms with Crippen LogP contribution in [-0.2, 0) is 22.5 Å². The van der Waals surface area contributed by atoms with Gasteiger partial charge in [0, 0.05) is 88.5 Å². The Labute approximate surface area is 279 Å². The van der Waals surface area contributed by atoms with E-state index in [0.717, 1.165) is 66.7 Å². The van der Waals surface area contributed by atoms with Gasteiger partial charge < -0.3 is 29.7 Å². The second-order valence-electron chi connectivity index (χ2n) is 13.3. The van der Waals surface area contributed by atoms with Gasteiger partial charge >= 0.3 is 12.1 Å². The number of piperidine rings is 2. The van der Waals surface area contributed by atoms with Crippen molar-refractivity contribution in [3.05, 3.63) is 58.7 Å². The van der Waals surface area contributed by atoms with Gasteiger partial charge in [-0.3, -0.25) is 14.8 Å². The second kappa shape index (κ2) is 13.7. The van der Waals surface area contributed by atoms with Crippen LogP contribution in [0.2, 0.25) is 5.02 Å². The average molecular weight is 663 g/mol. The largest absolute Gasteiger partial charge is 0.436 e. The lowest BCUT2D eigenvalue weighted by atomic mass is 10.00. The van der Waals surface area contributed by atoms with E-state index in [2.05, 4.69) is 32.4 Å². The van der Waals surface area contributed by atoms with E-state index in [1.54, 1.807) is 11.1 Å². The highest BCUT2D eigenvalue weighted by Crippen LogP contribution is 2.29. The fraction of sp³-hybridized carbons (Fsp3) is 0.529. The molecule has 250 valence electrons. The minimum Gasteiger partial charge on any atom is -0.436 e. The molecule has 1 aromatic heterocycles. The van der Waals surface area contributed by atoms with Crippen molar-refractivity contribution in [1.82, 2.24) is 34.7 Å². The van der Waals surface area contributed by atoms with Crippen LogP contribution < -0.4 is 5.32 Å². The van der Waals surface area contributed by atoms with Crippen molar-refractivity contribution in [1.29, 1.82) is 0 Å². The molecule has 4 amide bonds. The van der Waals surface area contributed by atoms with Crippen LogP contribution in [0.3, 0.4) is 0 Å². The quantitative estimate of drug-likeness (QED) is 0.410. The number of fused-ring (bicyclic) bond motifs is 2. The number of carbonyl (C=O) groups excluding carboxylic acids is 3. The number of hydrogen-bond donors (Lipinski definition) is 2. The second-order valence-corrected chi connectivity index (χ2v) is 13.7. The maximum absolute atomic E-state index is 14.0. The van der Waals surface area contributed by atoms with Gasteiger partial charge in [-0.2, -0.15) is 5.10 Å². The predicted octanol–water partition coefficient (Wildman–Crippen LogP) is 4.01. The number of benzene rings is 2. The molecule has 47 heavy (non-hydrogen) atoms. The summed E-state index contributed by atoms with van der Waals surface area (Å²) in [5.41, 5.74) is 3.46. The summed E-state index contributed by atoms with van der Waals surface area (Å²) in [5.74, 6) is -0.169. The van der Waals surface area contributed by atoms with E-state index in [1.165, 1.54) is 0 Å². The number of rotatable bonds is 6. The lowest BCUT2D eigenvalue weighted by molar-refractivity contribution is -0.142. The molecule has 1 unspecified atom stereocenters. The number of H-pyrrole nitrogens is 1. The number of hydrogen-bond acceptors (Lipinski definition) is 7. The SMILES string of the molecule is CN1CCN(C2CCN(C(=O)C(Cc3cc(Cl)c4[nH]ncc4c3)OC(=O)N3CCC(N4Cc5ccccc5NC4=O)CC3)CC2)CC1. The predicted molar refractivity (Wildman–Crippen MR) is 179 cm³/mol. The number of amides is 4. The molecule has 0 radical (unpaired) electrons. The molecule has 0 bridgehead atoms. The zero-order chi connectivity index (χ0) is 32.5. The van der Waals surface area contributed by atoms with E-state index in [1.807, 2.05) is 46.2 Å². The Morgan fingerprint density at radius 1 is 0.957 bits per heavy atom. The number of para-hydroxylation sites is 1. The summed E-state index contributed by atoms with van der Waals surface area (Å²) in [6.45, 7) is 6.95. The number of likely N-dealkylation sites (N-methyl/N-ethyl adjacent to an activating group) is 1. The molecular weight excluding hydrogens is 620 g/mol. The number of anilines is 1. The van der Waals surface area contributed by atoms with Gasteiger partial charge in [0.15, 0.2) is 6.10 Å². The fourth-order valence-corrected chi connectivity index (χ4v) is 7.79. The van der Waals surface area contributed by atoms with Gasteiger partial charge in [0.25, 0.3) is 5.91 Å². The van der Waals surface area contributed by atoms with Gasteiger partial charge in [-0.15, -0.1) is 0 Å². The Kier molecular flexibility index (Phi) is 9.24. The highest BCUT2D eigenvalue weighted by Gasteiger charge is 2.37. The summed E-state index contributed by atoms with van der Waals surface area (Å²) >= 11 is 6.53. The fourth-order valence-electron chi connectivity index (χ4n) is 7.50. The number of ether oxygens (including phenoxy) is 1. The lowest BCUT2D eigenvalue weighted by Gasteiger charge is -2.42. The Hall–Kier alpha value is -3.87. The number of likely N-dealkylation sites (tertiary alicyclic amines) is 2. The van der Waals surface area contributed by atoms with Crippen LogP contribution in [0.15, 0.2) is 42.6 Å². The van der Waals surface area contributed by atoms with Crippen LogP contribution in [0.4, 0.5) is 15.3 Å². The first-order valence-electron chi connectivity index (χ1n) is 16.8. The number of nitrogens with zero attached hydrogens (tertiary/aromatic N) is 6. The standard InChI is InChI=1S/C34H43ClN8O4/c1-39-14-16-40(17-15-39)26-6-10-41(11-7-26)32(44)30(20-23-18-25-21-36-38-31(25)28(35)19-23)47-34(46)42-12-8-27(9-13-42)43-22-24-4-2-3-5-29(24)37-33(43)45/h2-5,18-19,21,26-27,30H,6-17,20,22H2,1H3,(H,36,38)(H,37,45). The molecule has 2 N–H and O–H groups in total. The minimum absolute atomic E-state index is 0.00950. The summed E-state index contributed by atoms with van der Waals surface area (Å²) in [4.78, 5) is 50.8. The zero-order valence-corrected chi connectivity index (χ0v) is 27.6. The zero-order valence-electron chi connectivity index (χ0n) is 26.9. The van der Waals surface area contributed by atoms with Crippen molar-refractivity contribution in [2.24, 2.45) is 0 Å². The lowest BCUT2D eigenvalue weighted by Crippen LogP contribution is -2.55. The van der Waals surface area contributed by atoms with E-state index >= 15 is 0 Å². The van der Waals surface area contributed by atoms with Crippen molar-refractivity contribution in [2.75, 3.05) is 64.7 Å². The number of piperazine rings is 1. The first kappa shape index (κ1) is 31.7. The van der Waals surface area contributed by atoms with Crippen LogP contribution in [0.25, 0.3) is 10.9 Å².